The molecule has 1 N–H and O–H groups in total. The van der Waals surface area contributed by atoms with Crippen LogP contribution in [0.4, 0.5) is 10.1 Å². The number of amides is 2. The summed E-state index contributed by atoms with van der Waals surface area (Å²) in [5, 5.41) is 3.23. The van der Waals surface area contributed by atoms with E-state index in [0.29, 0.717) is 29.1 Å². The van der Waals surface area contributed by atoms with E-state index in [1.807, 2.05) is 37.3 Å². The van der Waals surface area contributed by atoms with Gasteiger partial charge in [-0.2, -0.15) is 0 Å². The van der Waals surface area contributed by atoms with E-state index in [9.17, 15) is 22.4 Å². The molecule has 7 nitrogen and oxygen atoms in total. The van der Waals surface area contributed by atoms with E-state index in [1.54, 1.807) is 25.1 Å². The number of carbonyl (C=O) groups is 2. The molecule has 39 heavy (non-hydrogen) atoms. The highest BCUT2D eigenvalue weighted by Crippen LogP contribution is 2.28. The van der Waals surface area contributed by atoms with Crippen LogP contribution in [0.5, 0.6) is 0 Å². The summed E-state index contributed by atoms with van der Waals surface area (Å²) in [5.41, 5.74) is 2.20. The van der Waals surface area contributed by atoms with Crippen molar-refractivity contribution in [3.8, 4) is 0 Å². The molecule has 0 radical (unpaired) electrons. The Labute approximate surface area is 234 Å². The van der Waals surface area contributed by atoms with E-state index >= 15 is 0 Å². The molecule has 0 aliphatic rings. The van der Waals surface area contributed by atoms with Gasteiger partial charge in [-0.05, 0) is 54.3 Å². The van der Waals surface area contributed by atoms with Crippen molar-refractivity contribution in [2.45, 2.75) is 39.3 Å². The fraction of sp³-hybridized carbons (Fsp3) is 0.310. The average Bonchev–Trinajstić information content (AvgIpc) is 2.90. The van der Waals surface area contributed by atoms with Gasteiger partial charge in [-0.25, -0.2) is 12.8 Å². The molecule has 0 saturated carbocycles. The van der Waals surface area contributed by atoms with Crippen molar-refractivity contribution in [3.63, 3.8) is 0 Å². The first-order chi connectivity index (χ1) is 18.5. The van der Waals surface area contributed by atoms with Crippen molar-refractivity contribution in [1.82, 2.24) is 10.2 Å². The van der Waals surface area contributed by atoms with Crippen LogP contribution in [0.3, 0.4) is 0 Å². The number of hydrogen-bond acceptors (Lipinski definition) is 4. The number of sulfonamides is 1. The van der Waals surface area contributed by atoms with Gasteiger partial charge in [0, 0.05) is 24.5 Å². The summed E-state index contributed by atoms with van der Waals surface area (Å²) >= 11 is 6.26. The first-order valence-corrected chi connectivity index (χ1v) is 14.8. The zero-order valence-corrected chi connectivity index (χ0v) is 23.8. The van der Waals surface area contributed by atoms with Crippen LogP contribution in [0.2, 0.25) is 5.02 Å². The van der Waals surface area contributed by atoms with Gasteiger partial charge in [-0.15, -0.1) is 0 Å². The lowest BCUT2D eigenvalue weighted by atomic mass is 10.0. The SMILES string of the molecule is CCCNC(=O)[C@H](Cc1ccccc1)N(Cc1ccc(F)cc1)C(=O)CN(c1cccc(Cl)c1C)S(C)(=O)=O. The van der Waals surface area contributed by atoms with Crippen molar-refractivity contribution in [2.75, 3.05) is 23.7 Å². The second-order valence-electron chi connectivity index (χ2n) is 9.30. The lowest BCUT2D eigenvalue weighted by Gasteiger charge is -2.34. The monoisotopic (exact) mass is 573 g/mol. The second-order valence-corrected chi connectivity index (χ2v) is 11.6. The van der Waals surface area contributed by atoms with Crippen LogP contribution in [-0.2, 0) is 32.6 Å². The van der Waals surface area contributed by atoms with Gasteiger partial charge in [0.05, 0.1) is 11.9 Å². The largest absolute Gasteiger partial charge is 0.354 e. The van der Waals surface area contributed by atoms with Crippen molar-refractivity contribution >= 4 is 39.1 Å². The third-order valence-corrected chi connectivity index (χ3v) is 7.81. The highest BCUT2D eigenvalue weighted by molar-refractivity contribution is 7.92. The van der Waals surface area contributed by atoms with E-state index in [1.165, 1.54) is 29.2 Å². The minimum Gasteiger partial charge on any atom is -0.354 e. The number of rotatable bonds is 12. The van der Waals surface area contributed by atoms with Crippen molar-refractivity contribution in [2.24, 2.45) is 0 Å². The molecule has 0 spiro atoms. The standard InChI is InChI=1S/C29H33ClFN3O4S/c1-4-17-32-29(36)27(18-22-9-6-5-7-10-22)33(19-23-13-15-24(31)16-14-23)28(35)20-34(39(3,37)38)26-12-8-11-25(30)21(26)2/h5-16,27H,4,17-20H2,1-3H3,(H,32,36)/t27-/m0/s1. The molecule has 0 heterocycles. The molecule has 0 fully saturated rings. The van der Waals surface area contributed by atoms with Gasteiger partial charge in [0.25, 0.3) is 0 Å². The maximum atomic E-state index is 14.0. The summed E-state index contributed by atoms with van der Waals surface area (Å²) in [7, 11) is -3.91. The maximum Gasteiger partial charge on any atom is 0.244 e. The number of anilines is 1. The Morgan fingerprint density at radius 2 is 1.64 bits per heavy atom. The molecule has 0 unspecified atom stereocenters. The summed E-state index contributed by atoms with van der Waals surface area (Å²) in [5.74, 6) is -1.38. The molecule has 3 aromatic carbocycles. The van der Waals surface area contributed by atoms with Gasteiger partial charge in [0.1, 0.15) is 18.4 Å². The van der Waals surface area contributed by atoms with E-state index < -0.39 is 34.3 Å². The summed E-state index contributed by atoms with van der Waals surface area (Å²) in [6, 6.07) is 18.8. The molecule has 10 heteroatoms. The number of nitrogens with one attached hydrogen (secondary N) is 1. The molecule has 0 aromatic heterocycles. The van der Waals surface area contributed by atoms with Gasteiger partial charge in [-0.1, -0.05) is 67.1 Å². The molecule has 0 bridgehead atoms. The van der Waals surface area contributed by atoms with Crippen molar-refractivity contribution in [3.05, 3.63) is 100 Å². The molecule has 2 amide bonds. The summed E-state index contributed by atoms with van der Waals surface area (Å²) in [6.07, 6.45) is 1.92. The highest BCUT2D eigenvalue weighted by Gasteiger charge is 2.33. The fourth-order valence-corrected chi connectivity index (χ4v) is 5.24. The minimum absolute atomic E-state index is 0.0255. The van der Waals surface area contributed by atoms with Crippen LogP contribution in [-0.4, -0.2) is 50.5 Å². The molecule has 0 aliphatic carbocycles. The summed E-state index contributed by atoms with van der Waals surface area (Å²) in [6.45, 7) is 3.44. The predicted molar refractivity (Wildman–Crippen MR) is 153 cm³/mol. The van der Waals surface area contributed by atoms with Crippen LogP contribution in [0.1, 0.15) is 30.0 Å². The van der Waals surface area contributed by atoms with E-state index in [2.05, 4.69) is 5.32 Å². The van der Waals surface area contributed by atoms with E-state index in [0.717, 1.165) is 16.1 Å². The molecular formula is C29H33ClFN3O4S. The van der Waals surface area contributed by atoms with Gasteiger partial charge >= 0.3 is 0 Å². The average molecular weight is 574 g/mol. The second kappa shape index (κ2) is 13.6. The zero-order valence-electron chi connectivity index (χ0n) is 22.2. The molecule has 1 atom stereocenters. The number of halogens is 2. The Hall–Kier alpha value is -3.43. The minimum atomic E-state index is -3.91. The number of nitrogens with zero attached hydrogens (tertiary/aromatic N) is 2. The van der Waals surface area contributed by atoms with Gasteiger partial charge < -0.3 is 10.2 Å². The maximum absolute atomic E-state index is 14.0. The summed E-state index contributed by atoms with van der Waals surface area (Å²) in [4.78, 5) is 28.8. The van der Waals surface area contributed by atoms with Crippen molar-refractivity contribution < 1.29 is 22.4 Å². The fourth-order valence-electron chi connectivity index (χ4n) is 4.17. The predicted octanol–water partition coefficient (Wildman–Crippen LogP) is 4.72. The first kappa shape index (κ1) is 30.1. The molecule has 0 saturated heterocycles. The Morgan fingerprint density at radius 3 is 2.26 bits per heavy atom. The first-order valence-electron chi connectivity index (χ1n) is 12.6. The van der Waals surface area contributed by atoms with Crippen LogP contribution < -0.4 is 9.62 Å². The topological polar surface area (TPSA) is 86.8 Å². The smallest absolute Gasteiger partial charge is 0.244 e. The Balaban J connectivity index is 2.06. The number of carbonyl (C=O) groups excluding carboxylic acids is 2. The number of hydrogen-bond donors (Lipinski definition) is 1. The normalized spacial score (nSPS) is 12.0. The zero-order chi connectivity index (χ0) is 28.6. The molecule has 3 aromatic rings. The van der Waals surface area contributed by atoms with Crippen LogP contribution in [0.15, 0.2) is 72.8 Å². The van der Waals surface area contributed by atoms with E-state index in [4.69, 9.17) is 11.6 Å². The highest BCUT2D eigenvalue weighted by atomic mass is 35.5. The lowest BCUT2D eigenvalue weighted by Crippen LogP contribution is -2.53. The Kier molecular flexibility index (Phi) is 10.5. The van der Waals surface area contributed by atoms with Gasteiger partial charge in [0.15, 0.2) is 0 Å². The number of benzene rings is 3. The lowest BCUT2D eigenvalue weighted by molar-refractivity contribution is -0.140. The molecule has 208 valence electrons. The van der Waals surface area contributed by atoms with Crippen LogP contribution >= 0.6 is 11.6 Å². The molecule has 0 aliphatic heterocycles. The van der Waals surface area contributed by atoms with Crippen molar-refractivity contribution in [1.29, 1.82) is 0 Å². The van der Waals surface area contributed by atoms with Crippen LogP contribution in [0, 0.1) is 12.7 Å². The molecule has 3 rings (SSSR count). The third kappa shape index (κ3) is 8.28. The van der Waals surface area contributed by atoms with Crippen LogP contribution in [0.25, 0.3) is 0 Å². The third-order valence-electron chi connectivity index (χ3n) is 6.27. The van der Waals surface area contributed by atoms with Gasteiger partial charge in [0.2, 0.25) is 21.8 Å². The Morgan fingerprint density at radius 1 is 0.974 bits per heavy atom. The van der Waals surface area contributed by atoms with E-state index in [-0.39, 0.29) is 24.6 Å². The van der Waals surface area contributed by atoms with Gasteiger partial charge in [-0.3, -0.25) is 13.9 Å². The molecular weight excluding hydrogens is 541 g/mol. The summed E-state index contributed by atoms with van der Waals surface area (Å²) < 4.78 is 40.4. The Bertz CT molecular complexity index is 1390. The quantitative estimate of drug-likeness (QED) is 0.340.